The number of benzene rings is 1. The molecule has 2 aromatic rings. The Kier molecular flexibility index (Phi) is 10.4. The molecule has 5 nitrogen and oxygen atoms in total. The lowest BCUT2D eigenvalue weighted by Crippen LogP contribution is -2.41. The number of nitrogens with one attached hydrogen (secondary N) is 2. The predicted molar refractivity (Wildman–Crippen MR) is 133 cm³/mol. The number of ether oxygens (including phenoxy) is 1. The van der Waals surface area contributed by atoms with E-state index in [9.17, 15) is 0 Å². The maximum atomic E-state index is 5.64. The standard InChI is InChI=1S/C22H29BrN4O.HI/c1-2-24-21(26-14-10-20-5-3-4-13-25-20)27-17-22(11-15-28-16-12-22)18-6-8-19(23)9-7-18;/h3-9,13H,2,10-12,14-17H2,1H3,(H2,24,26,27);1H. The van der Waals surface area contributed by atoms with Crippen LogP contribution < -0.4 is 10.6 Å². The summed E-state index contributed by atoms with van der Waals surface area (Å²) in [4.78, 5) is 9.33. The lowest BCUT2D eigenvalue weighted by atomic mass is 9.74. The highest BCUT2D eigenvalue weighted by Gasteiger charge is 2.34. The second kappa shape index (κ2) is 12.5. The molecule has 29 heavy (non-hydrogen) atoms. The van der Waals surface area contributed by atoms with E-state index < -0.39 is 0 Å². The number of hydrogen-bond donors (Lipinski definition) is 2. The molecule has 0 radical (unpaired) electrons. The van der Waals surface area contributed by atoms with Crippen molar-refractivity contribution in [2.45, 2.75) is 31.6 Å². The van der Waals surface area contributed by atoms with Crippen LogP contribution in [0.3, 0.4) is 0 Å². The van der Waals surface area contributed by atoms with Gasteiger partial charge >= 0.3 is 0 Å². The van der Waals surface area contributed by atoms with E-state index in [1.165, 1.54) is 5.56 Å². The van der Waals surface area contributed by atoms with Crippen LogP contribution in [-0.4, -0.2) is 43.8 Å². The fraction of sp³-hybridized carbons (Fsp3) is 0.455. The molecule has 3 rings (SSSR count). The predicted octanol–water partition coefficient (Wildman–Crippen LogP) is 4.31. The molecule has 2 heterocycles. The average molecular weight is 573 g/mol. The SMILES string of the molecule is CCNC(=NCC1(c2ccc(Br)cc2)CCOCC1)NCCc1ccccn1.I. The van der Waals surface area contributed by atoms with Gasteiger partial charge in [0.2, 0.25) is 0 Å². The van der Waals surface area contributed by atoms with Crippen molar-refractivity contribution in [3.63, 3.8) is 0 Å². The van der Waals surface area contributed by atoms with Crippen LogP contribution in [0.25, 0.3) is 0 Å². The fourth-order valence-electron chi connectivity index (χ4n) is 3.53. The van der Waals surface area contributed by atoms with Crippen molar-refractivity contribution < 1.29 is 4.74 Å². The highest BCUT2D eigenvalue weighted by Crippen LogP contribution is 2.35. The van der Waals surface area contributed by atoms with Gasteiger partial charge in [0.05, 0.1) is 6.54 Å². The van der Waals surface area contributed by atoms with Gasteiger partial charge in [0, 0.05) is 54.5 Å². The summed E-state index contributed by atoms with van der Waals surface area (Å²) in [6, 6.07) is 14.7. The summed E-state index contributed by atoms with van der Waals surface area (Å²) < 4.78 is 6.75. The monoisotopic (exact) mass is 572 g/mol. The average Bonchev–Trinajstić information content (AvgIpc) is 2.74. The molecule has 1 aliphatic heterocycles. The Morgan fingerprint density at radius 1 is 1.14 bits per heavy atom. The minimum Gasteiger partial charge on any atom is -0.381 e. The number of halogens is 2. The lowest BCUT2D eigenvalue weighted by Gasteiger charge is -2.36. The summed E-state index contributed by atoms with van der Waals surface area (Å²) in [7, 11) is 0. The van der Waals surface area contributed by atoms with Crippen molar-refractivity contribution in [1.29, 1.82) is 0 Å². The maximum Gasteiger partial charge on any atom is 0.191 e. The van der Waals surface area contributed by atoms with Crippen molar-refractivity contribution in [3.05, 3.63) is 64.4 Å². The first-order valence-corrected chi connectivity index (χ1v) is 10.8. The number of nitrogens with zero attached hydrogens (tertiary/aromatic N) is 2. The van der Waals surface area contributed by atoms with Gasteiger partial charge in [0.15, 0.2) is 5.96 Å². The highest BCUT2D eigenvalue weighted by atomic mass is 127. The third-order valence-corrected chi connectivity index (χ3v) is 5.72. The molecule has 0 unspecified atom stereocenters. The smallest absolute Gasteiger partial charge is 0.191 e. The molecule has 2 N–H and O–H groups in total. The summed E-state index contributed by atoms with van der Waals surface area (Å²) >= 11 is 3.54. The zero-order chi connectivity index (χ0) is 19.7. The van der Waals surface area contributed by atoms with Crippen LogP contribution in [0.5, 0.6) is 0 Å². The van der Waals surface area contributed by atoms with Crippen LogP contribution in [0.4, 0.5) is 0 Å². The second-order valence-electron chi connectivity index (χ2n) is 7.09. The summed E-state index contributed by atoms with van der Waals surface area (Å²) in [6.07, 6.45) is 4.69. The highest BCUT2D eigenvalue weighted by molar-refractivity contribution is 14.0. The summed E-state index contributed by atoms with van der Waals surface area (Å²) in [5, 5.41) is 6.81. The van der Waals surface area contributed by atoms with Crippen molar-refractivity contribution >= 4 is 45.9 Å². The second-order valence-corrected chi connectivity index (χ2v) is 8.01. The van der Waals surface area contributed by atoms with Gasteiger partial charge in [-0.05, 0) is 49.6 Å². The largest absolute Gasteiger partial charge is 0.381 e. The number of rotatable bonds is 7. The van der Waals surface area contributed by atoms with Crippen LogP contribution >= 0.6 is 39.9 Å². The molecule has 1 aromatic heterocycles. The Labute approximate surface area is 199 Å². The minimum atomic E-state index is 0. The number of hydrogen-bond acceptors (Lipinski definition) is 3. The normalized spacial score (nSPS) is 16.0. The van der Waals surface area contributed by atoms with E-state index in [4.69, 9.17) is 9.73 Å². The summed E-state index contributed by atoms with van der Waals surface area (Å²) in [5.41, 5.74) is 2.45. The van der Waals surface area contributed by atoms with E-state index in [1.807, 2.05) is 18.3 Å². The molecule has 1 fully saturated rings. The Morgan fingerprint density at radius 2 is 1.90 bits per heavy atom. The molecule has 158 valence electrons. The lowest BCUT2D eigenvalue weighted by molar-refractivity contribution is 0.0531. The van der Waals surface area contributed by atoms with Gasteiger partial charge in [-0.25, -0.2) is 0 Å². The summed E-state index contributed by atoms with van der Waals surface area (Å²) in [6.45, 7) is 6.05. The van der Waals surface area contributed by atoms with E-state index in [0.29, 0.717) is 0 Å². The van der Waals surface area contributed by atoms with Gasteiger partial charge in [-0.3, -0.25) is 9.98 Å². The Bertz CT molecular complexity index is 749. The third-order valence-electron chi connectivity index (χ3n) is 5.19. The Balaban J connectivity index is 0.00000300. The summed E-state index contributed by atoms with van der Waals surface area (Å²) in [5.74, 6) is 0.862. The number of aliphatic imine (C=N–C) groups is 1. The first-order chi connectivity index (χ1) is 13.7. The minimum absolute atomic E-state index is 0. The number of pyridine rings is 1. The van der Waals surface area contributed by atoms with Gasteiger partial charge in [-0.2, -0.15) is 0 Å². The Hall–Kier alpha value is -1.19. The molecular weight excluding hydrogens is 543 g/mol. The topological polar surface area (TPSA) is 58.5 Å². The van der Waals surface area contributed by atoms with Gasteiger partial charge in [-0.15, -0.1) is 24.0 Å². The van der Waals surface area contributed by atoms with Gasteiger partial charge < -0.3 is 15.4 Å². The van der Waals surface area contributed by atoms with E-state index in [1.54, 1.807) is 0 Å². The molecule has 1 aliphatic rings. The zero-order valence-electron chi connectivity index (χ0n) is 16.9. The quantitative estimate of drug-likeness (QED) is 0.295. The van der Waals surface area contributed by atoms with Gasteiger partial charge in [0.1, 0.15) is 0 Å². The first-order valence-electron chi connectivity index (χ1n) is 9.98. The molecule has 1 saturated heterocycles. The first kappa shape index (κ1) is 24.1. The van der Waals surface area contributed by atoms with E-state index in [-0.39, 0.29) is 29.4 Å². The van der Waals surface area contributed by atoms with E-state index >= 15 is 0 Å². The third kappa shape index (κ3) is 7.22. The molecule has 7 heteroatoms. The molecule has 0 atom stereocenters. The van der Waals surface area contributed by atoms with Crippen molar-refractivity contribution in [2.24, 2.45) is 4.99 Å². The van der Waals surface area contributed by atoms with Gasteiger partial charge in [-0.1, -0.05) is 34.1 Å². The van der Waals surface area contributed by atoms with Crippen LogP contribution in [0, 0.1) is 0 Å². The molecule has 0 aliphatic carbocycles. The van der Waals surface area contributed by atoms with Crippen molar-refractivity contribution in [3.8, 4) is 0 Å². The molecule has 0 bridgehead atoms. The van der Waals surface area contributed by atoms with E-state index in [2.05, 4.69) is 68.8 Å². The molecule has 0 saturated carbocycles. The molecular formula is C22H30BrIN4O. The zero-order valence-corrected chi connectivity index (χ0v) is 20.8. The number of guanidine groups is 1. The van der Waals surface area contributed by atoms with Crippen molar-refractivity contribution in [1.82, 2.24) is 15.6 Å². The molecule has 0 spiro atoms. The fourth-order valence-corrected chi connectivity index (χ4v) is 3.80. The Morgan fingerprint density at radius 3 is 2.55 bits per heavy atom. The van der Waals surface area contributed by atoms with Crippen LogP contribution in [0.1, 0.15) is 31.0 Å². The van der Waals surface area contributed by atoms with Gasteiger partial charge in [0.25, 0.3) is 0 Å². The van der Waals surface area contributed by atoms with Crippen LogP contribution in [0.2, 0.25) is 0 Å². The molecule has 1 aromatic carbocycles. The maximum absolute atomic E-state index is 5.64. The van der Waals surface area contributed by atoms with Crippen molar-refractivity contribution in [2.75, 3.05) is 32.8 Å². The number of aromatic nitrogens is 1. The van der Waals surface area contributed by atoms with Crippen LogP contribution in [0.15, 0.2) is 58.1 Å². The van der Waals surface area contributed by atoms with Crippen LogP contribution in [-0.2, 0) is 16.6 Å². The molecule has 0 amide bonds. The van der Waals surface area contributed by atoms with E-state index in [0.717, 1.165) is 68.2 Å².